The molecule has 0 aliphatic heterocycles. The monoisotopic (exact) mass is 180 g/mol. The van der Waals surface area contributed by atoms with E-state index in [1.54, 1.807) is 0 Å². The lowest BCUT2D eigenvalue weighted by Gasteiger charge is -2.33. The number of Topliss-reactive ketones (excluding diaryl/α,β-unsaturated/α-hetero) is 1. The smallest absolute Gasteiger partial charge is 0.139 e. The Hall–Kier alpha value is -0.330. The van der Waals surface area contributed by atoms with Crippen LogP contribution in [0.25, 0.3) is 0 Å². The van der Waals surface area contributed by atoms with Crippen molar-refractivity contribution in [2.45, 2.75) is 58.8 Å². The first-order valence-corrected chi connectivity index (χ1v) is 5.58. The summed E-state index contributed by atoms with van der Waals surface area (Å²) in [5.41, 5.74) is 0.550. The lowest BCUT2D eigenvalue weighted by Crippen LogP contribution is -2.32. The van der Waals surface area contributed by atoms with Gasteiger partial charge in [0.05, 0.1) is 0 Å². The third-order valence-corrected chi connectivity index (χ3v) is 4.00. The second-order valence-corrected chi connectivity index (χ2v) is 5.75. The molecule has 0 radical (unpaired) electrons. The zero-order chi connectivity index (χ0) is 9.53. The van der Waals surface area contributed by atoms with Crippen molar-refractivity contribution in [3.63, 3.8) is 0 Å². The minimum atomic E-state index is 0.127. The van der Waals surface area contributed by atoms with Gasteiger partial charge in [-0.2, -0.15) is 0 Å². The Morgan fingerprint density at radius 1 is 1.08 bits per heavy atom. The molecule has 0 saturated heterocycles. The van der Waals surface area contributed by atoms with Crippen molar-refractivity contribution in [1.82, 2.24) is 0 Å². The Labute approximate surface area is 80.9 Å². The van der Waals surface area contributed by atoms with E-state index in [0.717, 1.165) is 19.3 Å². The van der Waals surface area contributed by atoms with Crippen molar-refractivity contribution in [2.24, 2.45) is 10.8 Å². The van der Waals surface area contributed by atoms with Gasteiger partial charge in [0.15, 0.2) is 0 Å². The van der Waals surface area contributed by atoms with Crippen LogP contribution >= 0.6 is 0 Å². The van der Waals surface area contributed by atoms with Crippen molar-refractivity contribution < 1.29 is 4.79 Å². The fourth-order valence-electron chi connectivity index (χ4n) is 3.28. The summed E-state index contributed by atoms with van der Waals surface area (Å²) in [6.45, 7) is 4.62. The number of ketones is 1. The van der Waals surface area contributed by atoms with Gasteiger partial charge in [-0.3, -0.25) is 4.79 Å². The second-order valence-electron chi connectivity index (χ2n) is 5.75. The molecule has 0 bridgehead atoms. The largest absolute Gasteiger partial charge is 0.299 e. The van der Waals surface area contributed by atoms with Crippen molar-refractivity contribution in [2.75, 3.05) is 0 Å². The van der Waals surface area contributed by atoms with Crippen molar-refractivity contribution in [3.05, 3.63) is 0 Å². The molecule has 1 nitrogen and oxygen atoms in total. The number of carbonyl (C=O) groups excluding carboxylic acids is 1. The van der Waals surface area contributed by atoms with E-state index in [0.29, 0.717) is 11.2 Å². The average molecular weight is 180 g/mol. The summed E-state index contributed by atoms with van der Waals surface area (Å²) in [5, 5.41) is 0. The lowest BCUT2D eigenvalue weighted by atomic mass is 9.70. The van der Waals surface area contributed by atoms with Crippen LogP contribution in [-0.4, -0.2) is 5.78 Å². The van der Waals surface area contributed by atoms with Gasteiger partial charge in [-0.05, 0) is 37.5 Å². The molecule has 2 rings (SSSR count). The Balaban J connectivity index is 2.16. The molecular formula is C12H20O. The maximum absolute atomic E-state index is 11.9. The van der Waals surface area contributed by atoms with Crippen LogP contribution in [0.3, 0.4) is 0 Å². The summed E-state index contributed by atoms with van der Waals surface area (Å²) < 4.78 is 0. The van der Waals surface area contributed by atoms with Crippen LogP contribution in [0.15, 0.2) is 0 Å². The summed E-state index contributed by atoms with van der Waals surface area (Å²) >= 11 is 0. The molecule has 2 fully saturated rings. The maximum Gasteiger partial charge on any atom is 0.139 e. The lowest BCUT2D eigenvalue weighted by molar-refractivity contribution is -0.131. The van der Waals surface area contributed by atoms with Gasteiger partial charge in [0.2, 0.25) is 0 Å². The van der Waals surface area contributed by atoms with E-state index in [2.05, 4.69) is 13.8 Å². The molecule has 1 unspecified atom stereocenters. The number of hydrogen-bond acceptors (Lipinski definition) is 1. The first-order chi connectivity index (χ1) is 6.04. The minimum Gasteiger partial charge on any atom is -0.299 e. The molecule has 2 aliphatic carbocycles. The van der Waals surface area contributed by atoms with Crippen LogP contribution in [-0.2, 0) is 4.79 Å². The molecule has 1 spiro atoms. The summed E-state index contributed by atoms with van der Waals surface area (Å²) in [7, 11) is 0. The molecule has 0 N–H and O–H groups in total. The molecule has 13 heavy (non-hydrogen) atoms. The van der Waals surface area contributed by atoms with Gasteiger partial charge in [0.1, 0.15) is 5.78 Å². The zero-order valence-corrected chi connectivity index (χ0v) is 8.86. The summed E-state index contributed by atoms with van der Waals surface area (Å²) in [6, 6.07) is 0. The summed E-state index contributed by atoms with van der Waals surface area (Å²) in [6.07, 6.45) is 8.02. The van der Waals surface area contributed by atoms with Gasteiger partial charge in [-0.15, -0.1) is 0 Å². The van der Waals surface area contributed by atoms with E-state index < -0.39 is 0 Å². The zero-order valence-electron chi connectivity index (χ0n) is 8.86. The van der Waals surface area contributed by atoms with Crippen LogP contribution in [0.4, 0.5) is 0 Å². The van der Waals surface area contributed by atoms with Gasteiger partial charge in [0.25, 0.3) is 0 Å². The fourth-order valence-corrected chi connectivity index (χ4v) is 3.28. The molecule has 0 aromatic heterocycles. The highest BCUT2D eigenvalue weighted by molar-refractivity contribution is 5.85. The first-order valence-electron chi connectivity index (χ1n) is 5.58. The molecule has 74 valence electrons. The van der Waals surface area contributed by atoms with Crippen LogP contribution in [0.5, 0.6) is 0 Å². The van der Waals surface area contributed by atoms with Gasteiger partial charge >= 0.3 is 0 Å². The van der Waals surface area contributed by atoms with Crippen LogP contribution in [0.2, 0.25) is 0 Å². The molecule has 1 heteroatoms. The van der Waals surface area contributed by atoms with Crippen molar-refractivity contribution in [1.29, 1.82) is 0 Å². The number of hydrogen-bond donors (Lipinski definition) is 0. The Bertz CT molecular complexity index is 229. The molecule has 0 aromatic carbocycles. The third-order valence-electron chi connectivity index (χ3n) is 4.00. The number of rotatable bonds is 0. The highest BCUT2D eigenvalue weighted by Crippen LogP contribution is 2.54. The van der Waals surface area contributed by atoms with E-state index in [4.69, 9.17) is 0 Å². The molecule has 0 amide bonds. The van der Waals surface area contributed by atoms with E-state index >= 15 is 0 Å². The van der Waals surface area contributed by atoms with Gasteiger partial charge in [-0.1, -0.05) is 20.3 Å². The summed E-state index contributed by atoms with van der Waals surface area (Å²) in [5.74, 6) is 0.573. The van der Waals surface area contributed by atoms with Crippen LogP contribution in [0, 0.1) is 10.8 Å². The molecule has 2 saturated carbocycles. The third kappa shape index (κ3) is 1.53. The molecule has 2 aliphatic rings. The van der Waals surface area contributed by atoms with Crippen molar-refractivity contribution in [3.8, 4) is 0 Å². The van der Waals surface area contributed by atoms with E-state index in [1.165, 1.54) is 25.7 Å². The van der Waals surface area contributed by atoms with Gasteiger partial charge < -0.3 is 0 Å². The van der Waals surface area contributed by atoms with Gasteiger partial charge in [-0.25, -0.2) is 0 Å². The topological polar surface area (TPSA) is 17.1 Å². The SMILES string of the molecule is CC1(C)CCC2(CCCCC2=O)C1. The Morgan fingerprint density at radius 3 is 2.38 bits per heavy atom. The first kappa shape index (κ1) is 9.23. The molecule has 1 atom stereocenters. The predicted octanol–water partition coefficient (Wildman–Crippen LogP) is 3.33. The predicted molar refractivity (Wildman–Crippen MR) is 53.5 cm³/mol. The van der Waals surface area contributed by atoms with Crippen LogP contribution in [0.1, 0.15) is 58.8 Å². The summed E-state index contributed by atoms with van der Waals surface area (Å²) in [4.78, 5) is 11.9. The highest BCUT2D eigenvalue weighted by Gasteiger charge is 2.48. The Morgan fingerprint density at radius 2 is 1.85 bits per heavy atom. The highest BCUT2D eigenvalue weighted by atomic mass is 16.1. The average Bonchev–Trinajstić information content (AvgIpc) is 2.35. The Kier molecular flexibility index (Phi) is 2.01. The quantitative estimate of drug-likeness (QED) is 0.559. The van der Waals surface area contributed by atoms with E-state index in [1.807, 2.05) is 0 Å². The standard InChI is InChI=1S/C12H20O/c1-11(2)7-8-12(9-11)6-4-3-5-10(12)13/h3-9H2,1-2H3. The minimum absolute atomic E-state index is 0.127. The molecular weight excluding hydrogens is 160 g/mol. The molecule has 0 aromatic rings. The van der Waals surface area contributed by atoms with E-state index in [-0.39, 0.29) is 5.41 Å². The van der Waals surface area contributed by atoms with E-state index in [9.17, 15) is 4.79 Å². The number of carbonyl (C=O) groups is 1. The molecule has 0 heterocycles. The fraction of sp³-hybridized carbons (Fsp3) is 0.917. The van der Waals surface area contributed by atoms with Crippen LogP contribution < -0.4 is 0 Å². The second kappa shape index (κ2) is 2.83. The van der Waals surface area contributed by atoms with Crippen molar-refractivity contribution >= 4 is 5.78 Å². The maximum atomic E-state index is 11.9. The normalized spacial score (nSPS) is 38.5. The van der Waals surface area contributed by atoms with Gasteiger partial charge in [0, 0.05) is 11.8 Å².